The van der Waals surface area contributed by atoms with Crippen LogP contribution in [0.5, 0.6) is 0 Å². The van der Waals surface area contributed by atoms with Crippen molar-refractivity contribution in [2.45, 2.75) is 367 Å². The highest BCUT2D eigenvalue weighted by Gasteiger charge is 2.27. The van der Waals surface area contributed by atoms with Crippen molar-refractivity contribution in [2.24, 2.45) is 0 Å². The monoisotopic (exact) mass is 1280 g/mol. The summed E-state index contributed by atoms with van der Waals surface area (Å²) in [7, 11) is 1.48. The molecule has 0 aliphatic carbocycles. The van der Waals surface area contributed by atoms with E-state index in [-0.39, 0.29) is 25.6 Å². The third kappa shape index (κ3) is 74.2. The van der Waals surface area contributed by atoms with Crippen molar-refractivity contribution in [2.75, 3.05) is 47.5 Å². The van der Waals surface area contributed by atoms with E-state index in [9.17, 15) is 19.0 Å². The fourth-order valence-corrected chi connectivity index (χ4v) is 11.9. The summed E-state index contributed by atoms with van der Waals surface area (Å²) in [5.41, 5.74) is 0. The second-order valence-corrected chi connectivity index (χ2v) is 28.5. The molecule has 0 fully saturated rings. The van der Waals surface area contributed by atoms with E-state index in [0.717, 1.165) is 89.9 Å². The summed E-state index contributed by atoms with van der Waals surface area (Å²) in [5.74, 6) is -0.787. The van der Waals surface area contributed by atoms with Crippen LogP contribution in [0.4, 0.5) is 0 Å². The third-order valence-corrected chi connectivity index (χ3v) is 17.9. The van der Waals surface area contributed by atoms with Crippen molar-refractivity contribution >= 4 is 19.8 Å². The molecule has 1 N–H and O–H groups in total. The van der Waals surface area contributed by atoms with E-state index in [4.69, 9.17) is 18.5 Å². The lowest BCUT2D eigenvalue weighted by Crippen LogP contribution is -2.37. The van der Waals surface area contributed by atoms with Crippen molar-refractivity contribution in [1.82, 2.24) is 0 Å². The molecule has 0 amide bonds. The molecule has 0 rings (SSSR count). The summed E-state index contributed by atoms with van der Waals surface area (Å²) in [5, 5.41) is 0. The maximum absolute atomic E-state index is 12.9. The Balaban J connectivity index is 3.99. The first-order valence-corrected chi connectivity index (χ1v) is 39.8. The summed E-state index contributed by atoms with van der Waals surface area (Å²) >= 11 is 0. The van der Waals surface area contributed by atoms with Crippen molar-refractivity contribution in [3.8, 4) is 0 Å². The topological polar surface area (TPSA) is 108 Å². The van der Waals surface area contributed by atoms with Crippen LogP contribution in [0.3, 0.4) is 0 Å². The zero-order valence-electron chi connectivity index (χ0n) is 59.9. The number of nitrogens with zero attached hydrogens (tertiary/aromatic N) is 1. The minimum Gasteiger partial charge on any atom is -0.462 e. The number of carbonyl (C=O) groups excluding carboxylic acids is 2. The second kappa shape index (κ2) is 70.5. The van der Waals surface area contributed by atoms with Crippen LogP contribution in [0.2, 0.25) is 0 Å². The zero-order chi connectivity index (χ0) is 65.5. The average molecular weight is 1280 g/mol. The van der Waals surface area contributed by atoms with Crippen molar-refractivity contribution in [1.29, 1.82) is 0 Å². The van der Waals surface area contributed by atoms with Crippen molar-refractivity contribution in [3.05, 3.63) is 85.1 Å². The molecule has 0 saturated heterocycles. The SMILES string of the molecule is CC/C=C\C/C=C\C/C=C\C/C=C\C/C=C\C/C=C\C/C=C\CCCCCCCCCCCCCC(=O)OC(COC(=O)CCCCCCCCCCCCCCCCCCCCCCCCCCCCCCCCCCC)COP(=O)(O)OCC[N+](C)(C)C. The number of quaternary nitrogens is 1. The molecule has 0 saturated carbocycles. The molecule has 0 aliphatic heterocycles. The normalized spacial score (nSPS) is 13.5. The summed E-state index contributed by atoms with van der Waals surface area (Å²) in [4.78, 5) is 36.0. The minimum absolute atomic E-state index is 0.0300. The summed E-state index contributed by atoms with van der Waals surface area (Å²) < 4.78 is 34.8. The Morgan fingerprint density at radius 3 is 0.944 bits per heavy atom. The predicted molar refractivity (Wildman–Crippen MR) is 390 cm³/mol. The fraction of sp³-hybridized carbons (Fsp3) is 0.800. The van der Waals surface area contributed by atoms with Crippen molar-refractivity contribution < 1.29 is 42.1 Å². The Morgan fingerprint density at radius 1 is 0.356 bits per heavy atom. The molecule has 2 atom stereocenters. The van der Waals surface area contributed by atoms with Gasteiger partial charge >= 0.3 is 19.8 Å². The van der Waals surface area contributed by atoms with Crippen LogP contribution < -0.4 is 0 Å². The molecule has 0 aromatic rings. The van der Waals surface area contributed by atoms with Gasteiger partial charge in [-0.1, -0.05) is 362 Å². The van der Waals surface area contributed by atoms with Crippen LogP contribution in [0.25, 0.3) is 0 Å². The Hall–Kier alpha value is -2.81. The Bertz CT molecular complexity index is 1800. The van der Waals surface area contributed by atoms with Gasteiger partial charge in [0.05, 0.1) is 27.7 Å². The number of allylic oxidation sites excluding steroid dienone is 14. The molecule has 9 nitrogen and oxygen atoms in total. The molecule has 0 heterocycles. The Labute approximate surface area is 558 Å². The molecule has 90 heavy (non-hydrogen) atoms. The highest BCUT2D eigenvalue weighted by Crippen LogP contribution is 2.43. The van der Waals surface area contributed by atoms with Gasteiger partial charge in [0.2, 0.25) is 0 Å². The number of ether oxygens (including phenoxy) is 2. The lowest BCUT2D eigenvalue weighted by Gasteiger charge is -2.24. The number of phosphoric acid groups is 1. The molecule has 0 radical (unpaired) electrons. The van der Waals surface area contributed by atoms with Crippen LogP contribution in [-0.4, -0.2) is 74.9 Å². The van der Waals surface area contributed by atoms with Gasteiger partial charge in [-0.2, -0.15) is 0 Å². The number of likely N-dealkylation sites (N-methyl/N-ethyl adjacent to an activating group) is 1. The van der Waals surface area contributed by atoms with Crippen LogP contribution in [0.15, 0.2) is 85.1 Å². The molecule has 0 aromatic carbocycles. The number of carbonyl (C=O) groups is 2. The first-order chi connectivity index (χ1) is 44.0. The molecule has 0 aliphatic rings. The van der Waals surface area contributed by atoms with E-state index in [1.54, 1.807) is 0 Å². The van der Waals surface area contributed by atoms with Gasteiger partial charge in [0.25, 0.3) is 0 Å². The minimum atomic E-state index is -4.40. The molecule has 2 unspecified atom stereocenters. The molecule has 10 heteroatoms. The summed E-state index contributed by atoms with van der Waals surface area (Å²) in [6, 6.07) is 0. The molecule has 524 valence electrons. The number of rotatable bonds is 71. The number of esters is 2. The van der Waals surface area contributed by atoms with Crippen molar-refractivity contribution in [3.63, 3.8) is 0 Å². The van der Waals surface area contributed by atoms with Crippen LogP contribution in [0.1, 0.15) is 361 Å². The van der Waals surface area contributed by atoms with E-state index >= 15 is 0 Å². The number of hydrogen-bond donors (Lipinski definition) is 1. The third-order valence-electron chi connectivity index (χ3n) is 16.9. The number of unbranched alkanes of at least 4 members (excludes halogenated alkanes) is 43. The lowest BCUT2D eigenvalue weighted by atomic mass is 10.0. The first-order valence-electron chi connectivity index (χ1n) is 38.3. The highest BCUT2D eigenvalue weighted by molar-refractivity contribution is 7.47. The van der Waals surface area contributed by atoms with Gasteiger partial charge < -0.3 is 18.9 Å². The number of phosphoric ester groups is 1. The standard InChI is InChI=1S/C80H146NO8P/c1-6-8-10-12-14-16-18-20-22-24-26-28-30-32-34-36-38-40-42-44-46-48-50-52-54-56-58-60-62-64-66-68-70-72-79(82)86-76-78(77-88-90(84,85)87-75-74-81(3,4)5)89-80(83)73-71-69-67-65-63-61-59-57-55-53-51-49-47-45-43-41-39-37-35-33-31-29-27-25-23-21-19-17-15-13-11-9-7-2/h9,11,15,17,21,23,27,29,33,35,39,41,45,47,78H,6-8,10,12-14,16,18-20,22,24-26,28,30-32,34,36-38,40,42-44,46,48-77H2,1-5H3/p+1/b11-9-,17-15-,23-21-,29-27-,35-33-,41-39-,47-45-. The largest absolute Gasteiger partial charge is 0.472 e. The van der Waals surface area contributed by atoms with E-state index in [2.05, 4.69) is 98.9 Å². The van der Waals surface area contributed by atoms with Crippen LogP contribution >= 0.6 is 7.82 Å². The highest BCUT2D eigenvalue weighted by atomic mass is 31.2. The molecule has 0 bridgehead atoms. The first kappa shape index (κ1) is 87.2. The van der Waals surface area contributed by atoms with E-state index in [0.29, 0.717) is 23.9 Å². The predicted octanol–water partition coefficient (Wildman–Crippen LogP) is 25.3. The molecular formula is C80H147NO8P+. The fourth-order valence-electron chi connectivity index (χ4n) is 11.1. The Morgan fingerprint density at radius 2 is 0.633 bits per heavy atom. The quantitative estimate of drug-likeness (QED) is 0.0211. The molecule has 0 aromatic heterocycles. The smallest absolute Gasteiger partial charge is 0.462 e. The number of hydrogen-bond acceptors (Lipinski definition) is 7. The molecular weight excluding hydrogens is 1130 g/mol. The van der Waals surface area contributed by atoms with Gasteiger partial charge in [0.1, 0.15) is 19.8 Å². The van der Waals surface area contributed by atoms with Crippen LogP contribution in [0, 0.1) is 0 Å². The van der Waals surface area contributed by atoms with Gasteiger partial charge in [-0.15, -0.1) is 0 Å². The maximum atomic E-state index is 12.9. The van der Waals surface area contributed by atoms with E-state index in [1.165, 1.54) is 238 Å². The van der Waals surface area contributed by atoms with Gasteiger partial charge in [0.15, 0.2) is 6.10 Å². The summed E-state index contributed by atoms with van der Waals surface area (Å²) in [6.07, 6.45) is 97.2. The summed E-state index contributed by atoms with van der Waals surface area (Å²) in [6.45, 7) is 4.37. The molecule has 0 spiro atoms. The Kier molecular flexibility index (Phi) is 68.3. The lowest BCUT2D eigenvalue weighted by molar-refractivity contribution is -0.870. The van der Waals surface area contributed by atoms with Gasteiger partial charge in [-0.3, -0.25) is 18.6 Å². The average Bonchev–Trinajstić information content (AvgIpc) is 3.58. The zero-order valence-corrected chi connectivity index (χ0v) is 60.8. The van der Waals surface area contributed by atoms with Gasteiger partial charge in [-0.05, 0) is 70.6 Å². The van der Waals surface area contributed by atoms with Gasteiger partial charge in [-0.25, -0.2) is 4.57 Å². The van der Waals surface area contributed by atoms with Gasteiger partial charge in [0, 0.05) is 12.8 Å². The maximum Gasteiger partial charge on any atom is 0.472 e. The second-order valence-electron chi connectivity index (χ2n) is 27.0. The van der Waals surface area contributed by atoms with E-state index < -0.39 is 26.5 Å². The van der Waals surface area contributed by atoms with Crippen LogP contribution in [-0.2, 0) is 32.7 Å². The van der Waals surface area contributed by atoms with E-state index in [1.807, 2.05) is 21.1 Å².